The molecule has 3 rings (SSSR count). The van der Waals surface area contributed by atoms with Gasteiger partial charge in [0.2, 0.25) is 5.95 Å². The highest BCUT2D eigenvalue weighted by Gasteiger charge is 2.21. The van der Waals surface area contributed by atoms with Gasteiger partial charge in [0.1, 0.15) is 0 Å². The van der Waals surface area contributed by atoms with E-state index in [9.17, 15) is 0 Å². The van der Waals surface area contributed by atoms with E-state index in [0.717, 1.165) is 35.6 Å². The number of piperidine rings is 1. The van der Waals surface area contributed by atoms with Gasteiger partial charge in [0.15, 0.2) is 5.16 Å². The smallest absolute Gasteiger partial charge is 0.232 e. The van der Waals surface area contributed by atoms with E-state index >= 15 is 0 Å². The van der Waals surface area contributed by atoms with Gasteiger partial charge in [0, 0.05) is 18.8 Å². The van der Waals surface area contributed by atoms with E-state index in [1.165, 1.54) is 19.3 Å². The number of thioether (sulfide) groups is 1. The van der Waals surface area contributed by atoms with Gasteiger partial charge in [-0.05, 0) is 31.4 Å². The molecule has 24 heavy (non-hydrogen) atoms. The molecular weight excluding hydrogens is 324 g/mol. The molecule has 7 heteroatoms. The second-order valence-electron chi connectivity index (χ2n) is 5.69. The molecule has 1 fully saturated rings. The molecule has 2 heterocycles. The number of benzene rings is 1. The van der Waals surface area contributed by atoms with Gasteiger partial charge in [0.25, 0.3) is 0 Å². The van der Waals surface area contributed by atoms with Crippen molar-refractivity contribution in [3.8, 4) is 5.69 Å². The molecule has 1 aromatic heterocycles. The maximum Gasteiger partial charge on any atom is 0.232 e. The molecular formula is C17H24N4O2S. The van der Waals surface area contributed by atoms with Crippen LogP contribution in [0.25, 0.3) is 5.69 Å². The fourth-order valence-electron chi connectivity index (χ4n) is 2.82. The second kappa shape index (κ2) is 9.05. The second-order valence-corrected chi connectivity index (χ2v) is 6.75. The van der Waals surface area contributed by atoms with Crippen molar-refractivity contribution in [2.45, 2.75) is 24.4 Å². The maximum atomic E-state index is 8.76. The zero-order valence-electron chi connectivity index (χ0n) is 13.8. The predicted octanol–water partition coefficient (Wildman–Crippen LogP) is 2.36. The van der Waals surface area contributed by atoms with Gasteiger partial charge < -0.3 is 14.7 Å². The van der Waals surface area contributed by atoms with Crippen molar-refractivity contribution in [1.82, 2.24) is 14.8 Å². The highest BCUT2D eigenvalue weighted by Crippen LogP contribution is 2.28. The molecule has 1 aromatic carbocycles. The van der Waals surface area contributed by atoms with Gasteiger partial charge >= 0.3 is 0 Å². The molecule has 1 aliphatic heterocycles. The summed E-state index contributed by atoms with van der Waals surface area (Å²) in [5.74, 6) is 1.71. The Morgan fingerprint density at radius 2 is 1.83 bits per heavy atom. The van der Waals surface area contributed by atoms with Crippen LogP contribution in [0.1, 0.15) is 19.3 Å². The first kappa shape index (κ1) is 17.3. The molecule has 0 aliphatic carbocycles. The van der Waals surface area contributed by atoms with Crippen molar-refractivity contribution in [2.24, 2.45) is 0 Å². The zero-order valence-corrected chi connectivity index (χ0v) is 14.6. The molecule has 0 amide bonds. The number of para-hydroxylation sites is 1. The number of aliphatic hydroxyl groups is 1. The van der Waals surface area contributed by atoms with Crippen molar-refractivity contribution in [3.05, 3.63) is 30.3 Å². The summed E-state index contributed by atoms with van der Waals surface area (Å²) >= 11 is 1.63. The van der Waals surface area contributed by atoms with E-state index in [-0.39, 0.29) is 6.61 Å². The first-order valence-electron chi connectivity index (χ1n) is 8.47. The van der Waals surface area contributed by atoms with Crippen LogP contribution in [-0.2, 0) is 4.74 Å². The summed E-state index contributed by atoms with van der Waals surface area (Å²) in [5.41, 5.74) is 1.09. The van der Waals surface area contributed by atoms with Crippen molar-refractivity contribution >= 4 is 17.7 Å². The number of aromatic nitrogens is 3. The zero-order chi connectivity index (χ0) is 16.6. The lowest BCUT2D eigenvalue weighted by Gasteiger charge is -2.27. The Hall–Kier alpha value is -1.57. The molecule has 130 valence electrons. The Morgan fingerprint density at radius 3 is 2.58 bits per heavy atom. The Kier molecular flexibility index (Phi) is 6.51. The fraction of sp³-hybridized carbons (Fsp3) is 0.529. The van der Waals surface area contributed by atoms with E-state index in [0.29, 0.717) is 13.2 Å². The quantitative estimate of drug-likeness (QED) is 0.584. The molecule has 0 unspecified atom stereocenters. The van der Waals surface area contributed by atoms with Crippen LogP contribution in [0.4, 0.5) is 5.95 Å². The van der Waals surface area contributed by atoms with Crippen LogP contribution in [-0.4, -0.2) is 58.5 Å². The van der Waals surface area contributed by atoms with Crippen molar-refractivity contribution in [2.75, 3.05) is 43.6 Å². The molecule has 0 atom stereocenters. The summed E-state index contributed by atoms with van der Waals surface area (Å²) in [6.45, 7) is 3.10. The van der Waals surface area contributed by atoms with E-state index in [1.54, 1.807) is 11.8 Å². The third kappa shape index (κ3) is 4.28. The highest BCUT2D eigenvalue weighted by atomic mass is 32.2. The largest absolute Gasteiger partial charge is 0.394 e. The topological polar surface area (TPSA) is 63.4 Å². The molecule has 1 saturated heterocycles. The van der Waals surface area contributed by atoms with Gasteiger partial charge in [-0.3, -0.25) is 4.57 Å². The number of hydrogen-bond acceptors (Lipinski definition) is 6. The van der Waals surface area contributed by atoms with Crippen LogP contribution in [0.2, 0.25) is 0 Å². The average Bonchev–Trinajstić information content (AvgIpc) is 3.07. The number of hydrogen-bond donors (Lipinski definition) is 1. The highest BCUT2D eigenvalue weighted by molar-refractivity contribution is 7.99. The molecule has 1 N–H and O–H groups in total. The third-order valence-corrected chi connectivity index (χ3v) is 4.86. The van der Waals surface area contributed by atoms with Crippen LogP contribution in [0.3, 0.4) is 0 Å². The number of ether oxygens (including phenoxy) is 1. The Labute approximate surface area is 146 Å². The first-order chi connectivity index (χ1) is 11.9. The summed E-state index contributed by atoms with van der Waals surface area (Å²) in [6.07, 6.45) is 3.71. The van der Waals surface area contributed by atoms with Gasteiger partial charge in [-0.2, -0.15) is 0 Å². The fourth-order valence-corrected chi connectivity index (χ4v) is 3.61. The number of nitrogens with zero attached hydrogens (tertiary/aromatic N) is 4. The molecule has 2 aromatic rings. The van der Waals surface area contributed by atoms with Crippen LogP contribution < -0.4 is 4.90 Å². The number of anilines is 1. The molecule has 0 saturated carbocycles. The lowest BCUT2D eigenvalue weighted by molar-refractivity contribution is 0.103. The lowest BCUT2D eigenvalue weighted by Crippen LogP contribution is -2.31. The average molecular weight is 348 g/mol. The van der Waals surface area contributed by atoms with E-state index in [2.05, 4.69) is 31.8 Å². The van der Waals surface area contributed by atoms with Crippen molar-refractivity contribution in [1.29, 1.82) is 0 Å². The van der Waals surface area contributed by atoms with Gasteiger partial charge in [-0.1, -0.05) is 30.0 Å². The minimum absolute atomic E-state index is 0.0595. The van der Waals surface area contributed by atoms with Gasteiger partial charge in [-0.15, -0.1) is 10.2 Å². The summed E-state index contributed by atoms with van der Waals surface area (Å²) in [5, 5.41) is 18.5. The van der Waals surface area contributed by atoms with E-state index < -0.39 is 0 Å². The third-order valence-electron chi connectivity index (χ3n) is 3.96. The first-order valence-corrected chi connectivity index (χ1v) is 9.46. The Bertz CT molecular complexity index is 614. The predicted molar refractivity (Wildman–Crippen MR) is 96.1 cm³/mol. The van der Waals surface area contributed by atoms with Gasteiger partial charge in [0.05, 0.1) is 25.5 Å². The summed E-state index contributed by atoms with van der Waals surface area (Å²) in [6, 6.07) is 10.3. The molecule has 0 bridgehead atoms. The molecule has 1 aliphatic rings. The maximum absolute atomic E-state index is 8.76. The lowest BCUT2D eigenvalue weighted by atomic mass is 10.1. The molecule has 0 radical (unpaired) electrons. The van der Waals surface area contributed by atoms with Gasteiger partial charge in [-0.25, -0.2) is 0 Å². The standard InChI is InChI=1S/C17H24N4O2S/c22-11-12-23-13-14-24-17-19-18-16(20-9-5-2-6-10-20)21(17)15-7-3-1-4-8-15/h1,3-4,7-8,22H,2,5-6,9-14H2. The Balaban J connectivity index is 1.79. The molecule has 0 spiro atoms. The molecule has 6 nitrogen and oxygen atoms in total. The monoisotopic (exact) mass is 348 g/mol. The van der Waals surface area contributed by atoms with Crippen LogP contribution >= 0.6 is 11.8 Å². The van der Waals surface area contributed by atoms with Crippen LogP contribution in [0.5, 0.6) is 0 Å². The summed E-state index contributed by atoms with van der Waals surface area (Å²) < 4.78 is 7.48. The number of rotatable bonds is 8. The normalized spacial score (nSPS) is 15.0. The SMILES string of the molecule is OCCOCCSc1nnc(N2CCCCC2)n1-c1ccccc1. The summed E-state index contributed by atoms with van der Waals surface area (Å²) in [4.78, 5) is 2.33. The van der Waals surface area contributed by atoms with Crippen molar-refractivity contribution < 1.29 is 9.84 Å². The minimum atomic E-state index is 0.0595. The number of aliphatic hydroxyl groups excluding tert-OH is 1. The van der Waals surface area contributed by atoms with Crippen LogP contribution in [0.15, 0.2) is 35.5 Å². The van der Waals surface area contributed by atoms with E-state index in [4.69, 9.17) is 9.84 Å². The van der Waals surface area contributed by atoms with Crippen LogP contribution in [0, 0.1) is 0 Å². The summed E-state index contributed by atoms with van der Waals surface area (Å²) in [7, 11) is 0. The van der Waals surface area contributed by atoms with Crippen molar-refractivity contribution in [3.63, 3.8) is 0 Å². The Morgan fingerprint density at radius 1 is 1.04 bits per heavy atom. The van der Waals surface area contributed by atoms with E-state index in [1.807, 2.05) is 18.2 Å². The minimum Gasteiger partial charge on any atom is -0.394 e.